The monoisotopic (exact) mass is 219 g/mol. The Morgan fingerprint density at radius 3 is 2.40 bits per heavy atom. The van der Waals surface area contributed by atoms with Crippen LogP contribution in [0.3, 0.4) is 0 Å². The van der Waals surface area contributed by atoms with E-state index in [1.807, 2.05) is 36.4 Å². The van der Waals surface area contributed by atoms with Gasteiger partial charge in [0.15, 0.2) is 0 Å². The molecular formula is C11H9NO2S. The molecule has 2 rings (SSSR count). The molecule has 76 valence electrons. The van der Waals surface area contributed by atoms with Gasteiger partial charge in [0, 0.05) is 0 Å². The van der Waals surface area contributed by atoms with Gasteiger partial charge in [-0.15, -0.1) is 0 Å². The summed E-state index contributed by atoms with van der Waals surface area (Å²) in [7, 11) is 0. The molecule has 0 fully saturated rings. The second kappa shape index (κ2) is 4.14. The van der Waals surface area contributed by atoms with Crippen molar-refractivity contribution in [3.63, 3.8) is 0 Å². The van der Waals surface area contributed by atoms with E-state index in [0.717, 1.165) is 16.9 Å². The van der Waals surface area contributed by atoms with Crippen molar-refractivity contribution >= 4 is 23.5 Å². The molecule has 2 aromatic rings. The SMILES string of the molecule is Oc1nc(C=Cc2ccccc2)sc1O. The number of rotatable bonds is 2. The maximum absolute atomic E-state index is 9.11. The van der Waals surface area contributed by atoms with Crippen molar-refractivity contribution in [2.24, 2.45) is 0 Å². The second-order valence-corrected chi connectivity index (χ2v) is 3.93. The molecule has 0 aliphatic carbocycles. The van der Waals surface area contributed by atoms with Crippen LogP contribution in [-0.2, 0) is 0 Å². The molecule has 3 nitrogen and oxygen atoms in total. The summed E-state index contributed by atoms with van der Waals surface area (Å²) in [5.74, 6) is -0.312. The van der Waals surface area contributed by atoms with Crippen molar-refractivity contribution in [2.45, 2.75) is 0 Å². The first-order valence-electron chi connectivity index (χ1n) is 4.37. The largest absolute Gasteiger partial charge is 0.496 e. The van der Waals surface area contributed by atoms with Crippen LogP contribution in [0.1, 0.15) is 10.6 Å². The molecule has 0 spiro atoms. The van der Waals surface area contributed by atoms with E-state index < -0.39 is 0 Å². The van der Waals surface area contributed by atoms with Gasteiger partial charge in [-0.1, -0.05) is 47.7 Å². The minimum absolute atomic E-state index is 0.150. The predicted octanol–water partition coefficient (Wildman–Crippen LogP) is 2.72. The highest BCUT2D eigenvalue weighted by Gasteiger charge is 2.04. The predicted molar refractivity (Wildman–Crippen MR) is 60.8 cm³/mol. The zero-order valence-corrected chi connectivity index (χ0v) is 8.61. The highest BCUT2D eigenvalue weighted by Crippen LogP contribution is 2.31. The van der Waals surface area contributed by atoms with Gasteiger partial charge in [0.25, 0.3) is 5.88 Å². The van der Waals surface area contributed by atoms with Gasteiger partial charge in [-0.05, 0) is 11.6 Å². The molecule has 0 unspecified atom stereocenters. The normalized spacial score (nSPS) is 10.9. The molecule has 0 saturated heterocycles. The maximum Gasteiger partial charge on any atom is 0.267 e. The molecule has 15 heavy (non-hydrogen) atoms. The molecule has 2 N–H and O–H groups in total. The summed E-state index contributed by atoms with van der Waals surface area (Å²) < 4.78 is 0. The Hall–Kier alpha value is -1.81. The van der Waals surface area contributed by atoms with Crippen molar-refractivity contribution in [3.05, 3.63) is 40.9 Å². The number of thiazole rings is 1. The van der Waals surface area contributed by atoms with Crippen LogP contribution in [0.5, 0.6) is 10.9 Å². The molecule has 0 aliphatic heterocycles. The number of hydrogen-bond donors (Lipinski definition) is 2. The zero-order chi connectivity index (χ0) is 10.7. The summed E-state index contributed by atoms with van der Waals surface area (Å²) in [5, 5.41) is 18.6. The smallest absolute Gasteiger partial charge is 0.267 e. The fourth-order valence-corrected chi connectivity index (χ4v) is 1.73. The van der Waals surface area contributed by atoms with E-state index in [2.05, 4.69) is 4.98 Å². The van der Waals surface area contributed by atoms with E-state index in [-0.39, 0.29) is 10.9 Å². The van der Waals surface area contributed by atoms with Crippen LogP contribution in [-0.4, -0.2) is 15.2 Å². The lowest BCUT2D eigenvalue weighted by Gasteiger charge is -1.88. The number of nitrogens with zero attached hydrogens (tertiary/aromatic N) is 1. The standard InChI is InChI=1S/C11H9NO2S/c13-10-11(14)15-9(12-10)7-6-8-4-2-1-3-5-8/h1-7,13-14H. The van der Waals surface area contributed by atoms with Gasteiger partial charge in [0.2, 0.25) is 5.06 Å². The Labute approximate surface area is 91.0 Å². The molecule has 4 heteroatoms. The van der Waals surface area contributed by atoms with Crippen LogP contribution >= 0.6 is 11.3 Å². The molecule has 1 aromatic carbocycles. The maximum atomic E-state index is 9.11. The number of aromatic nitrogens is 1. The van der Waals surface area contributed by atoms with Crippen LogP contribution < -0.4 is 0 Å². The molecule has 0 saturated carbocycles. The fraction of sp³-hybridized carbons (Fsp3) is 0. The summed E-state index contributed by atoms with van der Waals surface area (Å²) in [5.41, 5.74) is 1.05. The summed E-state index contributed by atoms with van der Waals surface area (Å²) >= 11 is 1.04. The van der Waals surface area contributed by atoms with Gasteiger partial charge in [-0.3, -0.25) is 0 Å². The Bertz CT molecular complexity index is 457. The molecule has 1 aromatic heterocycles. The number of aromatic hydroxyl groups is 2. The molecule has 0 atom stereocenters. The van der Waals surface area contributed by atoms with Crippen molar-refractivity contribution in [1.82, 2.24) is 4.98 Å². The lowest BCUT2D eigenvalue weighted by Crippen LogP contribution is -1.69. The summed E-state index contributed by atoms with van der Waals surface area (Å²) in [6.45, 7) is 0. The molecule has 0 bridgehead atoms. The second-order valence-electron chi connectivity index (χ2n) is 2.92. The molecular weight excluding hydrogens is 210 g/mol. The molecule has 0 amide bonds. The third-order valence-corrected chi connectivity index (χ3v) is 2.64. The summed E-state index contributed by atoms with van der Waals surface area (Å²) in [6.07, 6.45) is 3.62. The van der Waals surface area contributed by atoms with E-state index in [9.17, 15) is 0 Å². The summed E-state index contributed by atoms with van der Waals surface area (Å²) in [6, 6.07) is 9.75. The average Bonchev–Trinajstić information content (AvgIpc) is 2.57. The van der Waals surface area contributed by atoms with Gasteiger partial charge < -0.3 is 10.2 Å². The Kier molecular flexibility index (Phi) is 2.69. The van der Waals surface area contributed by atoms with E-state index in [0.29, 0.717) is 5.01 Å². The van der Waals surface area contributed by atoms with Gasteiger partial charge in [0.1, 0.15) is 5.01 Å². The highest BCUT2D eigenvalue weighted by molar-refractivity contribution is 7.14. The van der Waals surface area contributed by atoms with Crippen molar-refractivity contribution in [1.29, 1.82) is 0 Å². The molecule has 0 radical (unpaired) electrons. The van der Waals surface area contributed by atoms with E-state index in [1.54, 1.807) is 6.08 Å². The van der Waals surface area contributed by atoms with Gasteiger partial charge in [-0.25, -0.2) is 0 Å². The molecule has 1 heterocycles. The van der Waals surface area contributed by atoms with Crippen LogP contribution in [0.2, 0.25) is 0 Å². The van der Waals surface area contributed by atoms with Crippen LogP contribution in [0, 0.1) is 0 Å². The van der Waals surface area contributed by atoms with Crippen molar-refractivity contribution < 1.29 is 10.2 Å². The molecule has 0 aliphatic rings. The quantitative estimate of drug-likeness (QED) is 0.816. The van der Waals surface area contributed by atoms with Gasteiger partial charge in [-0.2, -0.15) is 4.98 Å². The average molecular weight is 219 g/mol. The topological polar surface area (TPSA) is 53.4 Å². The fourth-order valence-electron chi connectivity index (χ4n) is 1.12. The Morgan fingerprint density at radius 1 is 1.07 bits per heavy atom. The van der Waals surface area contributed by atoms with Crippen molar-refractivity contribution in [3.8, 4) is 10.9 Å². The number of hydrogen-bond acceptors (Lipinski definition) is 4. The Morgan fingerprint density at radius 2 is 1.80 bits per heavy atom. The minimum atomic E-state index is -0.312. The number of benzene rings is 1. The minimum Gasteiger partial charge on any atom is -0.496 e. The lowest BCUT2D eigenvalue weighted by molar-refractivity contribution is 0.401. The third-order valence-electron chi connectivity index (χ3n) is 1.83. The third kappa shape index (κ3) is 2.35. The van der Waals surface area contributed by atoms with Crippen LogP contribution in [0.15, 0.2) is 30.3 Å². The van der Waals surface area contributed by atoms with E-state index in [1.165, 1.54) is 0 Å². The van der Waals surface area contributed by atoms with E-state index in [4.69, 9.17) is 10.2 Å². The lowest BCUT2D eigenvalue weighted by atomic mass is 10.2. The van der Waals surface area contributed by atoms with Crippen LogP contribution in [0.25, 0.3) is 12.2 Å². The van der Waals surface area contributed by atoms with Gasteiger partial charge in [0.05, 0.1) is 0 Å². The van der Waals surface area contributed by atoms with Crippen molar-refractivity contribution in [2.75, 3.05) is 0 Å². The highest BCUT2D eigenvalue weighted by atomic mass is 32.1. The first-order chi connectivity index (χ1) is 7.25. The summed E-state index contributed by atoms with van der Waals surface area (Å²) in [4.78, 5) is 3.76. The van der Waals surface area contributed by atoms with Gasteiger partial charge >= 0.3 is 0 Å². The first-order valence-corrected chi connectivity index (χ1v) is 5.19. The zero-order valence-electron chi connectivity index (χ0n) is 7.79. The first kappa shape index (κ1) is 9.73. The van der Waals surface area contributed by atoms with Crippen LogP contribution in [0.4, 0.5) is 0 Å². The van der Waals surface area contributed by atoms with E-state index >= 15 is 0 Å². The Balaban J connectivity index is 2.19.